The van der Waals surface area contributed by atoms with Crippen molar-refractivity contribution in [2.45, 2.75) is 44.6 Å². The lowest BCUT2D eigenvalue weighted by atomic mass is 9.79. The summed E-state index contributed by atoms with van der Waals surface area (Å²) >= 11 is 0. The quantitative estimate of drug-likeness (QED) is 0.330. The zero-order valence-corrected chi connectivity index (χ0v) is 20.2. The van der Waals surface area contributed by atoms with Gasteiger partial charge in [-0.05, 0) is 49.2 Å². The zero-order valence-electron chi connectivity index (χ0n) is 20.2. The lowest BCUT2D eigenvalue weighted by Crippen LogP contribution is -2.51. The molecule has 3 aromatic rings. The highest BCUT2D eigenvalue weighted by atomic mass is 19.3. The molecule has 0 aliphatic carbocycles. The molecule has 1 aliphatic rings. The SMILES string of the molecule is CC(C)Oc1ccc(C2C(C(=O)Nc3ccc(F)c(C#N)c3)c3ccccc3C(=O)N2C(F)C(F)F)cn1. The maximum Gasteiger partial charge on any atom is 0.287 e. The van der Waals surface area contributed by atoms with Gasteiger partial charge in [0.15, 0.2) is 0 Å². The van der Waals surface area contributed by atoms with Crippen LogP contribution in [0.4, 0.5) is 23.2 Å². The van der Waals surface area contributed by atoms with Gasteiger partial charge < -0.3 is 10.1 Å². The van der Waals surface area contributed by atoms with Crippen LogP contribution in [0.25, 0.3) is 0 Å². The minimum atomic E-state index is -3.55. The molecule has 0 fully saturated rings. The number of aromatic nitrogens is 1. The molecule has 2 aromatic carbocycles. The predicted octanol–water partition coefficient (Wildman–Crippen LogP) is 5.36. The number of ether oxygens (including phenoxy) is 1. The van der Waals surface area contributed by atoms with Crippen LogP contribution in [0.15, 0.2) is 60.8 Å². The summed E-state index contributed by atoms with van der Waals surface area (Å²) in [5, 5.41) is 11.7. The Hall–Kier alpha value is -4.46. The summed E-state index contributed by atoms with van der Waals surface area (Å²) < 4.78 is 61.7. The lowest BCUT2D eigenvalue weighted by molar-refractivity contribution is -0.121. The summed E-state index contributed by atoms with van der Waals surface area (Å²) in [6, 6.07) is 12.2. The standard InChI is InChI=1S/C27H22F4N4O3/c1-14(2)38-21-10-7-15(13-33-21)23-22(26(36)34-17-8-9-20(28)16(11-17)12-32)18-5-3-4-6-19(18)27(37)35(23)25(31)24(29)30/h3-11,13-14,22-25H,1-2H3,(H,34,36). The Bertz CT molecular complexity index is 1390. The second-order valence-corrected chi connectivity index (χ2v) is 8.82. The first-order valence-corrected chi connectivity index (χ1v) is 11.6. The van der Waals surface area contributed by atoms with E-state index in [2.05, 4.69) is 10.3 Å². The van der Waals surface area contributed by atoms with E-state index in [-0.39, 0.29) is 39.9 Å². The number of carbonyl (C=O) groups excluding carboxylic acids is 2. The minimum absolute atomic E-state index is 0.0529. The summed E-state index contributed by atoms with van der Waals surface area (Å²) in [6.07, 6.45) is -5.56. The summed E-state index contributed by atoms with van der Waals surface area (Å²) in [7, 11) is 0. The normalized spacial score (nSPS) is 17.7. The van der Waals surface area contributed by atoms with Crippen LogP contribution in [0, 0.1) is 17.1 Å². The molecule has 7 nitrogen and oxygen atoms in total. The highest BCUT2D eigenvalue weighted by Crippen LogP contribution is 2.45. The molecule has 2 heterocycles. The fraction of sp³-hybridized carbons (Fsp3) is 0.259. The van der Waals surface area contributed by atoms with Gasteiger partial charge in [0, 0.05) is 23.5 Å². The lowest BCUT2D eigenvalue weighted by Gasteiger charge is -2.42. The number of halogens is 4. The molecule has 2 amide bonds. The molecule has 0 bridgehead atoms. The first kappa shape index (κ1) is 26.6. The van der Waals surface area contributed by atoms with Crippen molar-refractivity contribution in [1.82, 2.24) is 9.88 Å². The molecule has 38 heavy (non-hydrogen) atoms. The van der Waals surface area contributed by atoms with Crippen LogP contribution in [0.1, 0.15) is 52.9 Å². The third kappa shape index (κ3) is 5.16. The molecule has 0 saturated carbocycles. The van der Waals surface area contributed by atoms with E-state index in [0.717, 1.165) is 12.1 Å². The van der Waals surface area contributed by atoms with Crippen LogP contribution in [0.3, 0.4) is 0 Å². The third-order valence-corrected chi connectivity index (χ3v) is 5.94. The maximum atomic E-state index is 15.1. The number of anilines is 1. The van der Waals surface area contributed by atoms with E-state index in [1.165, 1.54) is 42.6 Å². The second kappa shape index (κ2) is 10.9. The summed E-state index contributed by atoms with van der Waals surface area (Å²) in [5.74, 6) is -3.76. The van der Waals surface area contributed by atoms with E-state index in [0.29, 0.717) is 4.90 Å². The molecule has 3 unspecified atom stereocenters. The number of nitriles is 1. The Kier molecular flexibility index (Phi) is 7.62. The number of pyridine rings is 1. The smallest absolute Gasteiger partial charge is 0.287 e. The van der Waals surface area contributed by atoms with Gasteiger partial charge in [-0.1, -0.05) is 24.3 Å². The molecule has 196 valence electrons. The first-order valence-electron chi connectivity index (χ1n) is 11.6. The van der Waals surface area contributed by atoms with Gasteiger partial charge in [0.2, 0.25) is 18.1 Å². The average Bonchev–Trinajstić information content (AvgIpc) is 2.89. The highest BCUT2D eigenvalue weighted by Gasteiger charge is 2.49. The number of nitrogens with one attached hydrogen (secondary N) is 1. The molecule has 11 heteroatoms. The van der Waals surface area contributed by atoms with Gasteiger partial charge in [-0.25, -0.2) is 22.5 Å². The fourth-order valence-corrected chi connectivity index (χ4v) is 4.37. The molecule has 0 radical (unpaired) electrons. The number of fused-ring (bicyclic) bond motifs is 1. The number of hydrogen-bond donors (Lipinski definition) is 1. The average molecular weight is 526 g/mol. The van der Waals surface area contributed by atoms with Gasteiger partial charge in [-0.15, -0.1) is 0 Å². The van der Waals surface area contributed by atoms with Gasteiger partial charge in [0.1, 0.15) is 11.9 Å². The monoisotopic (exact) mass is 526 g/mol. The Morgan fingerprint density at radius 1 is 1.13 bits per heavy atom. The summed E-state index contributed by atoms with van der Waals surface area (Å²) in [4.78, 5) is 31.5. The zero-order chi connectivity index (χ0) is 27.6. The van der Waals surface area contributed by atoms with Crippen molar-refractivity contribution in [3.8, 4) is 11.9 Å². The Morgan fingerprint density at radius 3 is 2.50 bits per heavy atom. The van der Waals surface area contributed by atoms with Crippen LogP contribution in [0.2, 0.25) is 0 Å². The summed E-state index contributed by atoms with van der Waals surface area (Å²) in [6.45, 7) is 3.55. The third-order valence-electron chi connectivity index (χ3n) is 5.94. The summed E-state index contributed by atoms with van der Waals surface area (Å²) in [5.41, 5.74) is -0.0902. The van der Waals surface area contributed by atoms with E-state index in [1.54, 1.807) is 26.0 Å². The number of amides is 2. The Labute approximate surface area is 215 Å². The van der Waals surface area contributed by atoms with Gasteiger partial charge in [-0.3, -0.25) is 14.5 Å². The van der Waals surface area contributed by atoms with E-state index < -0.39 is 42.3 Å². The molecule has 3 atom stereocenters. The van der Waals surface area contributed by atoms with Crippen molar-refractivity contribution in [1.29, 1.82) is 5.26 Å². The topological polar surface area (TPSA) is 95.3 Å². The largest absolute Gasteiger partial charge is 0.475 e. The van der Waals surface area contributed by atoms with Crippen LogP contribution < -0.4 is 10.1 Å². The predicted molar refractivity (Wildman–Crippen MR) is 129 cm³/mol. The van der Waals surface area contributed by atoms with Gasteiger partial charge in [-0.2, -0.15) is 5.26 Å². The van der Waals surface area contributed by atoms with Gasteiger partial charge in [0.25, 0.3) is 12.3 Å². The molecule has 1 N–H and O–H groups in total. The van der Waals surface area contributed by atoms with Gasteiger partial charge in [0.05, 0.1) is 23.6 Å². The molecule has 0 saturated heterocycles. The number of rotatable bonds is 7. The van der Waals surface area contributed by atoms with E-state index >= 15 is 4.39 Å². The van der Waals surface area contributed by atoms with Crippen molar-refractivity contribution in [2.75, 3.05) is 5.32 Å². The van der Waals surface area contributed by atoms with E-state index in [1.807, 2.05) is 0 Å². The Morgan fingerprint density at radius 2 is 1.87 bits per heavy atom. The minimum Gasteiger partial charge on any atom is -0.475 e. The number of carbonyl (C=O) groups is 2. The van der Waals surface area contributed by atoms with Crippen LogP contribution >= 0.6 is 0 Å². The second-order valence-electron chi connectivity index (χ2n) is 8.82. The van der Waals surface area contributed by atoms with Crippen LogP contribution in [-0.4, -0.2) is 40.5 Å². The molecule has 0 spiro atoms. The Balaban J connectivity index is 1.85. The number of hydrogen-bond acceptors (Lipinski definition) is 5. The van der Waals surface area contributed by atoms with Crippen molar-refractivity contribution in [3.63, 3.8) is 0 Å². The number of benzene rings is 2. The molecule has 1 aliphatic heterocycles. The van der Waals surface area contributed by atoms with Crippen molar-refractivity contribution in [2.24, 2.45) is 0 Å². The molecular formula is C27H22F4N4O3. The highest BCUT2D eigenvalue weighted by molar-refractivity contribution is 6.04. The van der Waals surface area contributed by atoms with Crippen LogP contribution in [-0.2, 0) is 4.79 Å². The van der Waals surface area contributed by atoms with E-state index in [9.17, 15) is 22.8 Å². The van der Waals surface area contributed by atoms with Crippen molar-refractivity contribution in [3.05, 3.63) is 88.9 Å². The van der Waals surface area contributed by atoms with E-state index in [4.69, 9.17) is 10.00 Å². The molecular weight excluding hydrogens is 504 g/mol. The fourth-order valence-electron chi connectivity index (χ4n) is 4.37. The van der Waals surface area contributed by atoms with Crippen molar-refractivity contribution < 1.29 is 31.9 Å². The van der Waals surface area contributed by atoms with Crippen molar-refractivity contribution >= 4 is 17.5 Å². The maximum absolute atomic E-state index is 15.1. The number of alkyl halides is 3. The number of nitrogens with zero attached hydrogens (tertiary/aromatic N) is 3. The molecule has 4 rings (SSSR count). The molecule has 1 aromatic heterocycles. The first-order chi connectivity index (χ1) is 18.1. The van der Waals surface area contributed by atoms with Gasteiger partial charge >= 0.3 is 0 Å². The van der Waals surface area contributed by atoms with Crippen LogP contribution in [0.5, 0.6) is 5.88 Å².